The average Bonchev–Trinajstić information content (AvgIpc) is 2.82. The summed E-state index contributed by atoms with van der Waals surface area (Å²) in [7, 11) is -2.96. The van der Waals surface area contributed by atoms with Gasteiger partial charge in [0.25, 0.3) is 0 Å². The number of carbonyl (C=O) groups excluding carboxylic acids is 1. The molecule has 1 rings (SSSR count). The molecule has 0 spiro atoms. The van der Waals surface area contributed by atoms with Crippen molar-refractivity contribution in [3.8, 4) is 0 Å². The summed E-state index contributed by atoms with van der Waals surface area (Å²) in [5, 5.41) is -0.199. The van der Waals surface area contributed by atoms with E-state index in [1.807, 2.05) is 0 Å². The molecule has 0 aromatic rings. The van der Waals surface area contributed by atoms with Crippen LogP contribution in [0.3, 0.4) is 0 Å². The van der Waals surface area contributed by atoms with Gasteiger partial charge in [-0.2, -0.15) is 0 Å². The van der Waals surface area contributed by atoms with Crippen molar-refractivity contribution in [3.05, 3.63) is 12.2 Å². The Bertz CT molecular complexity index is 775. The van der Waals surface area contributed by atoms with Crippen molar-refractivity contribution in [2.24, 2.45) is 17.8 Å². The molecule has 0 bridgehead atoms. The third-order valence-electron chi connectivity index (χ3n) is 9.72. The predicted molar refractivity (Wildman–Crippen MR) is 179 cm³/mol. The Kier molecular flexibility index (Phi) is 14.7. The van der Waals surface area contributed by atoms with Crippen LogP contribution in [0.4, 0.5) is 0 Å². The number of hydrogen-bond acceptors (Lipinski definition) is 5. The SMILES string of the molecule is CO[C@@H](/C=C/C[C@@H]1O[Si](C(C)(C)C)(C(C)(C)C)O[C@@H]([C@@H](C)CO[Si](C(C)C)(C(C)C)C(C)C)[C@@H]1C)C[C@H](C)CC=O. The van der Waals surface area contributed by atoms with Gasteiger partial charge in [-0.05, 0) is 35.4 Å². The first-order valence-corrected chi connectivity index (χ1v) is 20.3. The topological polar surface area (TPSA) is 54.0 Å². The summed E-state index contributed by atoms with van der Waals surface area (Å²) >= 11 is 0. The molecule has 0 aromatic heterocycles. The Hall–Kier alpha value is -0.316. The molecule has 41 heavy (non-hydrogen) atoms. The summed E-state index contributed by atoms with van der Waals surface area (Å²) in [4.78, 5) is 11.0. The van der Waals surface area contributed by atoms with Gasteiger partial charge in [-0.3, -0.25) is 0 Å². The van der Waals surface area contributed by atoms with Gasteiger partial charge in [0.2, 0.25) is 0 Å². The summed E-state index contributed by atoms with van der Waals surface area (Å²) in [6.07, 6.45) is 7.75. The molecule has 0 amide bonds. The van der Waals surface area contributed by atoms with Crippen molar-refractivity contribution in [2.75, 3.05) is 13.7 Å². The second-order valence-corrected chi connectivity index (χ2v) is 26.2. The van der Waals surface area contributed by atoms with E-state index in [4.69, 9.17) is 18.0 Å². The Morgan fingerprint density at radius 1 is 0.878 bits per heavy atom. The van der Waals surface area contributed by atoms with E-state index in [2.05, 4.69) is 116 Å². The third kappa shape index (κ3) is 9.10. The molecule has 0 saturated carbocycles. The van der Waals surface area contributed by atoms with Crippen LogP contribution < -0.4 is 0 Å². The first-order valence-electron chi connectivity index (χ1n) is 16.3. The number of methoxy groups -OCH3 is 1. The molecule has 1 saturated heterocycles. The standard InChI is InChI=1S/C34H68O5Si2/c1-24(2)40(25(3)4,26(5)6)37-23-28(8)32-29(9)31(19-17-18-30(36-16)22-27(7)20-21-35)38-41(39-32,33(10,11)12)34(13,14)15/h17-18,21,24-32H,19-20,22-23H2,1-16H3/b18-17+/t27-,28+,29-,30+,31+,32+/m1/s1. The summed E-state index contributed by atoms with van der Waals surface area (Å²) < 4.78 is 27.4. The van der Waals surface area contributed by atoms with Crippen molar-refractivity contribution >= 4 is 23.2 Å². The maximum Gasteiger partial charge on any atom is 0.349 e. The zero-order chi connectivity index (χ0) is 32.0. The maximum absolute atomic E-state index is 11.0. The third-order valence-corrected chi connectivity index (χ3v) is 21.0. The molecule has 5 nitrogen and oxygen atoms in total. The van der Waals surface area contributed by atoms with Gasteiger partial charge in [-0.25, -0.2) is 0 Å². The fraction of sp³-hybridized carbons (Fsp3) is 0.912. The first-order chi connectivity index (χ1) is 18.7. The van der Waals surface area contributed by atoms with Gasteiger partial charge in [0.05, 0.1) is 18.3 Å². The van der Waals surface area contributed by atoms with E-state index < -0.39 is 16.9 Å². The van der Waals surface area contributed by atoms with Crippen molar-refractivity contribution in [2.45, 2.75) is 168 Å². The molecule has 7 heteroatoms. The van der Waals surface area contributed by atoms with E-state index in [9.17, 15) is 4.79 Å². The molecule has 0 unspecified atom stereocenters. The highest BCUT2D eigenvalue weighted by atomic mass is 28.4. The lowest BCUT2D eigenvalue weighted by Gasteiger charge is -2.58. The smallest absolute Gasteiger partial charge is 0.349 e. The number of ether oxygens (including phenoxy) is 1. The number of aldehydes is 1. The van der Waals surface area contributed by atoms with Gasteiger partial charge in [0, 0.05) is 42.0 Å². The second-order valence-electron chi connectivity index (χ2n) is 16.0. The van der Waals surface area contributed by atoms with Crippen molar-refractivity contribution in [1.82, 2.24) is 0 Å². The van der Waals surface area contributed by atoms with E-state index >= 15 is 0 Å². The summed E-state index contributed by atoms with van der Waals surface area (Å²) in [6.45, 7) is 35.4. The van der Waals surface area contributed by atoms with Gasteiger partial charge < -0.3 is 22.8 Å². The highest BCUT2D eigenvalue weighted by molar-refractivity contribution is 6.77. The zero-order valence-electron chi connectivity index (χ0n) is 29.8. The van der Waals surface area contributed by atoms with E-state index in [0.29, 0.717) is 29.0 Å². The molecule has 0 aromatic carbocycles. The van der Waals surface area contributed by atoms with Gasteiger partial charge in [0.15, 0.2) is 8.32 Å². The number of carbonyl (C=O) groups is 1. The van der Waals surface area contributed by atoms with Crippen molar-refractivity contribution in [3.63, 3.8) is 0 Å². The fourth-order valence-corrected chi connectivity index (χ4v) is 18.6. The van der Waals surface area contributed by atoms with Crippen LogP contribution in [-0.4, -0.2) is 55.2 Å². The largest absolute Gasteiger partial charge is 0.416 e. The highest BCUT2D eigenvalue weighted by Crippen LogP contribution is 2.57. The van der Waals surface area contributed by atoms with Crippen LogP contribution in [0.25, 0.3) is 0 Å². The normalized spacial score (nSPS) is 24.8. The van der Waals surface area contributed by atoms with E-state index in [-0.39, 0.29) is 40.2 Å². The van der Waals surface area contributed by atoms with Crippen LogP contribution in [0.15, 0.2) is 12.2 Å². The second kappa shape index (κ2) is 15.6. The minimum atomic E-state index is -2.73. The molecular formula is C34H68O5Si2. The number of hydrogen-bond donors (Lipinski definition) is 0. The first kappa shape index (κ1) is 38.7. The quantitative estimate of drug-likeness (QED) is 0.105. The molecule has 0 N–H and O–H groups in total. The molecule has 0 aliphatic carbocycles. The van der Waals surface area contributed by atoms with Crippen LogP contribution in [0.5, 0.6) is 0 Å². The van der Waals surface area contributed by atoms with E-state index in [0.717, 1.165) is 25.7 Å². The van der Waals surface area contributed by atoms with Crippen LogP contribution in [0, 0.1) is 17.8 Å². The van der Waals surface area contributed by atoms with Crippen LogP contribution in [-0.2, 0) is 22.8 Å². The number of rotatable bonds is 15. The van der Waals surface area contributed by atoms with Gasteiger partial charge >= 0.3 is 8.56 Å². The fourth-order valence-electron chi connectivity index (χ4n) is 7.73. The molecule has 1 fully saturated rings. The maximum atomic E-state index is 11.0. The highest BCUT2D eigenvalue weighted by Gasteiger charge is 2.63. The lowest BCUT2D eigenvalue weighted by atomic mass is 9.88. The molecular weight excluding hydrogens is 545 g/mol. The van der Waals surface area contributed by atoms with Crippen molar-refractivity contribution in [1.29, 1.82) is 0 Å². The summed E-state index contributed by atoms with van der Waals surface area (Å²) in [5.41, 5.74) is 1.67. The Morgan fingerprint density at radius 2 is 1.39 bits per heavy atom. The van der Waals surface area contributed by atoms with Crippen LogP contribution in [0.2, 0.25) is 26.7 Å². The van der Waals surface area contributed by atoms with Gasteiger partial charge in [-0.1, -0.05) is 116 Å². The van der Waals surface area contributed by atoms with E-state index in [1.165, 1.54) is 0 Å². The molecule has 1 aliphatic rings. The molecule has 1 aliphatic heterocycles. The minimum Gasteiger partial charge on any atom is -0.416 e. The van der Waals surface area contributed by atoms with Gasteiger partial charge in [-0.15, -0.1) is 0 Å². The molecule has 6 atom stereocenters. The van der Waals surface area contributed by atoms with Gasteiger partial charge in [0.1, 0.15) is 6.29 Å². The van der Waals surface area contributed by atoms with Crippen molar-refractivity contribution < 1.29 is 22.8 Å². The molecule has 0 radical (unpaired) electrons. The lowest BCUT2D eigenvalue weighted by Crippen LogP contribution is -2.67. The lowest BCUT2D eigenvalue weighted by molar-refractivity contribution is -0.108. The van der Waals surface area contributed by atoms with E-state index in [1.54, 1.807) is 7.11 Å². The van der Waals surface area contributed by atoms with Crippen LogP contribution >= 0.6 is 0 Å². The Labute approximate surface area is 257 Å². The zero-order valence-corrected chi connectivity index (χ0v) is 31.8. The van der Waals surface area contributed by atoms with Crippen LogP contribution in [0.1, 0.15) is 123 Å². The minimum absolute atomic E-state index is 0.00312. The Morgan fingerprint density at radius 3 is 1.80 bits per heavy atom. The average molecular weight is 613 g/mol. The summed E-state index contributed by atoms with van der Waals surface area (Å²) in [5.74, 6) is 0.786. The molecule has 1 heterocycles. The predicted octanol–water partition coefficient (Wildman–Crippen LogP) is 9.85. The monoisotopic (exact) mass is 612 g/mol. The Balaban J connectivity index is 3.38. The molecule has 242 valence electrons. The summed E-state index contributed by atoms with van der Waals surface area (Å²) in [6, 6.07) is 0.